The predicted octanol–water partition coefficient (Wildman–Crippen LogP) is 2.11. The average molecular weight is 294 g/mol. The Balaban J connectivity index is 1.77. The number of likely N-dealkylation sites (N-methyl/N-ethyl adjacent to an activating group) is 1. The number of carbonyl (C=O) groups excluding carboxylic acids is 1. The number of carbonyl (C=O) groups is 1. The molecule has 21 heavy (non-hydrogen) atoms. The van der Waals surface area contributed by atoms with Crippen LogP contribution in [0, 0.1) is 5.82 Å². The van der Waals surface area contributed by atoms with Crippen molar-refractivity contribution in [1.29, 1.82) is 0 Å². The molecule has 1 amide bonds. The van der Waals surface area contributed by atoms with E-state index in [9.17, 15) is 9.18 Å². The van der Waals surface area contributed by atoms with Gasteiger partial charge in [0.15, 0.2) is 0 Å². The first-order valence-electron chi connectivity index (χ1n) is 7.40. The number of benzene rings is 1. The topological polar surface area (TPSA) is 41.6 Å². The molecule has 5 heteroatoms. The number of nitrogens with one attached hydrogen (secondary N) is 1. The lowest BCUT2D eigenvalue weighted by Crippen LogP contribution is -2.39. The Hall–Kier alpha value is -1.46. The molecule has 2 rings (SSSR count). The van der Waals surface area contributed by atoms with Gasteiger partial charge in [0.2, 0.25) is 5.91 Å². The van der Waals surface area contributed by atoms with Crippen molar-refractivity contribution in [2.24, 2.45) is 0 Å². The second-order valence-corrected chi connectivity index (χ2v) is 5.58. The maximum atomic E-state index is 12.9. The van der Waals surface area contributed by atoms with E-state index in [-0.39, 0.29) is 23.9 Å². The molecule has 0 bridgehead atoms. The SMILES string of the molecule is CC(c1ccc(F)cc1)N(C)CC(=O)NCC1CCCO1. The van der Waals surface area contributed by atoms with Crippen LogP contribution in [0.1, 0.15) is 31.4 Å². The Morgan fingerprint density at radius 1 is 1.48 bits per heavy atom. The van der Waals surface area contributed by atoms with E-state index in [2.05, 4.69) is 5.32 Å². The molecule has 0 aromatic heterocycles. The molecule has 116 valence electrons. The largest absolute Gasteiger partial charge is 0.376 e. The Labute approximate surface area is 125 Å². The molecule has 0 aliphatic carbocycles. The fourth-order valence-corrected chi connectivity index (χ4v) is 2.45. The first-order valence-corrected chi connectivity index (χ1v) is 7.40. The predicted molar refractivity (Wildman–Crippen MR) is 79.4 cm³/mol. The number of rotatable bonds is 6. The van der Waals surface area contributed by atoms with Crippen molar-refractivity contribution in [1.82, 2.24) is 10.2 Å². The maximum Gasteiger partial charge on any atom is 0.234 e. The van der Waals surface area contributed by atoms with Crippen LogP contribution in [-0.2, 0) is 9.53 Å². The first kappa shape index (κ1) is 15.9. The molecule has 0 spiro atoms. The fourth-order valence-electron chi connectivity index (χ4n) is 2.45. The molecule has 2 atom stereocenters. The molecule has 1 saturated heterocycles. The molecule has 4 nitrogen and oxygen atoms in total. The van der Waals surface area contributed by atoms with Crippen LogP contribution in [0.3, 0.4) is 0 Å². The van der Waals surface area contributed by atoms with Crippen molar-refractivity contribution in [3.63, 3.8) is 0 Å². The van der Waals surface area contributed by atoms with Gasteiger partial charge in [0.1, 0.15) is 5.82 Å². The van der Waals surface area contributed by atoms with Gasteiger partial charge in [-0.3, -0.25) is 9.69 Å². The quantitative estimate of drug-likeness (QED) is 0.874. The van der Waals surface area contributed by atoms with E-state index in [0.717, 1.165) is 25.0 Å². The molecular weight excluding hydrogens is 271 g/mol. The average Bonchev–Trinajstić information content (AvgIpc) is 2.98. The van der Waals surface area contributed by atoms with E-state index >= 15 is 0 Å². The zero-order chi connectivity index (χ0) is 15.2. The number of halogens is 1. The summed E-state index contributed by atoms with van der Waals surface area (Å²) in [4.78, 5) is 13.9. The number of amides is 1. The van der Waals surface area contributed by atoms with Gasteiger partial charge in [-0.2, -0.15) is 0 Å². The van der Waals surface area contributed by atoms with E-state index in [1.165, 1.54) is 12.1 Å². The van der Waals surface area contributed by atoms with Crippen LogP contribution in [-0.4, -0.2) is 43.7 Å². The smallest absolute Gasteiger partial charge is 0.234 e. The van der Waals surface area contributed by atoms with Crippen molar-refractivity contribution in [3.05, 3.63) is 35.6 Å². The molecule has 2 unspecified atom stereocenters. The van der Waals surface area contributed by atoms with Gasteiger partial charge in [-0.05, 0) is 44.5 Å². The Morgan fingerprint density at radius 2 is 2.19 bits per heavy atom. The molecule has 1 aliphatic rings. The van der Waals surface area contributed by atoms with Crippen molar-refractivity contribution in [2.75, 3.05) is 26.7 Å². The molecular formula is C16H23FN2O2. The standard InChI is InChI=1S/C16H23FN2O2/c1-12(13-5-7-14(17)8-6-13)19(2)11-16(20)18-10-15-4-3-9-21-15/h5-8,12,15H,3-4,9-11H2,1-2H3,(H,18,20). The minimum atomic E-state index is -0.247. The van der Waals surface area contributed by atoms with Crippen LogP contribution < -0.4 is 5.32 Å². The summed E-state index contributed by atoms with van der Waals surface area (Å²) in [6.07, 6.45) is 2.25. The summed E-state index contributed by atoms with van der Waals surface area (Å²) in [5, 5.41) is 2.91. The first-order chi connectivity index (χ1) is 10.1. The van der Waals surface area contributed by atoms with E-state index in [1.807, 2.05) is 18.9 Å². The van der Waals surface area contributed by atoms with Crippen LogP contribution in [0.25, 0.3) is 0 Å². The monoisotopic (exact) mass is 294 g/mol. The van der Waals surface area contributed by atoms with Crippen molar-refractivity contribution >= 4 is 5.91 Å². The number of hydrogen-bond acceptors (Lipinski definition) is 3. The summed E-state index contributed by atoms with van der Waals surface area (Å²) in [5.74, 6) is -0.259. The molecule has 1 aromatic carbocycles. The lowest BCUT2D eigenvalue weighted by molar-refractivity contribution is -0.122. The highest BCUT2D eigenvalue weighted by Crippen LogP contribution is 2.18. The molecule has 0 radical (unpaired) electrons. The van der Waals surface area contributed by atoms with Crippen LogP contribution >= 0.6 is 0 Å². The molecule has 1 aromatic rings. The van der Waals surface area contributed by atoms with Crippen molar-refractivity contribution < 1.29 is 13.9 Å². The van der Waals surface area contributed by atoms with Gasteiger partial charge in [-0.1, -0.05) is 12.1 Å². The van der Waals surface area contributed by atoms with Gasteiger partial charge in [0, 0.05) is 19.2 Å². The summed E-state index contributed by atoms with van der Waals surface area (Å²) in [6.45, 7) is 3.69. The van der Waals surface area contributed by atoms with Crippen LogP contribution in [0.15, 0.2) is 24.3 Å². The summed E-state index contributed by atoms with van der Waals surface area (Å²) in [7, 11) is 1.89. The van der Waals surface area contributed by atoms with Gasteiger partial charge in [0.25, 0.3) is 0 Å². The minimum Gasteiger partial charge on any atom is -0.376 e. The molecule has 0 saturated carbocycles. The lowest BCUT2D eigenvalue weighted by Gasteiger charge is -2.24. The minimum absolute atomic E-state index is 0.0121. The van der Waals surface area contributed by atoms with Crippen molar-refractivity contribution in [2.45, 2.75) is 31.9 Å². The third-order valence-electron chi connectivity index (χ3n) is 3.96. The maximum absolute atomic E-state index is 12.9. The van der Waals surface area contributed by atoms with Crippen LogP contribution in [0.5, 0.6) is 0 Å². The van der Waals surface area contributed by atoms with E-state index in [4.69, 9.17) is 4.74 Å². The highest BCUT2D eigenvalue weighted by molar-refractivity contribution is 5.78. The fraction of sp³-hybridized carbons (Fsp3) is 0.562. The van der Waals surface area contributed by atoms with E-state index in [1.54, 1.807) is 12.1 Å². The molecule has 1 N–H and O–H groups in total. The van der Waals surface area contributed by atoms with Gasteiger partial charge >= 0.3 is 0 Å². The second-order valence-electron chi connectivity index (χ2n) is 5.58. The van der Waals surface area contributed by atoms with Crippen molar-refractivity contribution in [3.8, 4) is 0 Å². The molecule has 1 fully saturated rings. The summed E-state index contributed by atoms with van der Waals surface area (Å²) in [5.41, 5.74) is 0.992. The van der Waals surface area contributed by atoms with Crippen LogP contribution in [0.2, 0.25) is 0 Å². The highest BCUT2D eigenvalue weighted by Gasteiger charge is 2.18. The summed E-state index contributed by atoms with van der Waals surface area (Å²) in [6, 6.07) is 6.44. The van der Waals surface area contributed by atoms with Gasteiger partial charge < -0.3 is 10.1 Å². The number of hydrogen-bond donors (Lipinski definition) is 1. The molecule has 1 aliphatic heterocycles. The lowest BCUT2D eigenvalue weighted by atomic mass is 10.1. The second kappa shape index (κ2) is 7.52. The van der Waals surface area contributed by atoms with Gasteiger partial charge in [0.05, 0.1) is 12.6 Å². The normalized spacial score (nSPS) is 19.7. The summed E-state index contributed by atoms with van der Waals surface area (Å²) >= 11 is 0. The van der Waals surface area contributed by atoms with E-state index in [0.29, 0.717) is 13.1 Å². The van der Waals surface area contributed by atoms with Crippen LogP contribution in [0.4, 0.5) is 4.39 Å². The number of ether oxygens (including phenoxy) is 1. The Kier molecular flexibility index (Phi) is 5.70. The third kappa shape index (κ3) is 4.79. The van der Waals surface area contributed by atoms with Gasteiger partial charge in [-0.25, -0.2) is 4.39 Å². The zero-order valence-electron chi connectivity index (χ0n) is 12.6. The summed E-state index contributed by atoms with van der Waals surface area (Å²) < 4.78 is 18.4. The number of nitrogens with zero attached hydrogens (tertiary/aromatic N) is 1. The zero-order valence-corrected chi connectivity index (χ0v) is 12.6. The highest BCUT2D eigenvalue weighted by atomic mass is 19.1. The Morgan fingerprint density at radius 3 is 2.81 bits per heavy atom. The van der Waals surface area contributed by atoms with Gasteiger partial charge in [-0.15, -0.1) is 0 Å². The van der Waals surface area contributed by atoms with E-state index < -0.39 is 0 Å². The molecule has 1 heterocycles. The Bertz CT molecular complexity index is 458. The third-order valence-corrected chi connectivity index (χ3v) is 3.96.